The maximum absolute atomic E-state index is 2.21. The third kappa shape index (κ3) is 4.41. The Morgan fingerprint density at radius 3 is 1.50 bits per heavy atom. The molecule has 0 nitrogen and oxygen atoms in total. The van der Waals surface area contributed by atoms with E-state index < -0.39 is 0 Å². The first-order valence-corrected chi connectivity index (χ1v) is 3.34. The van der Waals surface area contributed by atoms with Crippen LogP contribution in [0.2, 0.25) is 0 Å². The van der Waals surface area contributed by atoms with Crippen molar-refractivity contribution in [2.24, 2.45) is 0 Å². The highest BCUT2D eigenvalue weighted by molar-refractivity contribution is 8.20. The van der Waals surface area contributed by atoms with Crippen molar-refractivity contribution >= 4 is 18.7 Å². The van der Waals surface area contributed by atoms with Crippen LogP contribution >= 0.6 is 11.6 Å². The van der Waals surface area contributed by atoms with Gasteiger partial charge in [-0.05, 0) is 4.75 Å². The molecule has 0 aliphatic carbocycles. The van der Waals surface area contributed by atoms with Crippen LogP contribution < -0.4 is 0 Å². The van der Waals surface area contributed by atoms with Crippen LogP contribution in [-0.4, -0.2) is 11.9 Å². The minimum atomic E-state index is 0.458. The van der Waals surface area contributed by atoms with E-state index in [0.29, 0.717) is 4.75 Å². The molecule has 0 rings (SSSR count). The summed E-state index contributed by atoms with van der Waals surface area (Å²) >= 11 is 1.88. The lowest BCUT2D eigenvalue weighted by Gasteiger charge is -2.12. The highest BCUT2D eigenvalue weighted by atomic mass is 32.2. The van der Waals surface area contributed by atoms with Gasteiger partial charge in [0.15, 0.2) is 7.12 Å². The minimum absolute atomic E-state index is 0.458. The van der Waals surface area contributed by atoms with Gasteiger partial charge in [-0.2, -0.15) is 0 Å². The van der Waals surface area contributed by atoms with Crippen LogP contribution in [-0.2, 0) is 0 Å². The molecule has 2 heteroatoms. The topological polar surface area (TPSA) is 0 Å². The van der Waals surface area contributed by atoms with Gasteiger partial charge in [-0.25, -0.2) is 11.6 Å². The van der Waals surface area contributed by atoms with E-state index in [0.717, 1.165) is 0 Å². The van der Waals surface area contributed by atoms with E-state index in [9.17, 15) is 0 Å². The molecular formula is C4H11BS. The van der Waals surface area contributed by atoms with Crippen molar-refractivity contribution in [3.05, 3.63) is 0 Å². The molecule has 0 atom stereocenters. The monoisotopic (exact) mass is 102 g/mol. The summed E-state index contributed by atoms with van der Waals surface area (Å²) < 4.78 is 0.458. The summed E-state index contributed by atoms with van der Waals surface area (Å²) in [7, 11) is 2.12. The predicted octanol–water partition coefficient (Wildman–Crippen LogP) is 1.07. The zero-order valence-corrected chi connectivity index (χ0v) is 5.72. The maximum Gasteiger partial charge on any atom is 0.174 e. The SMILES string of the molecule is BSC(C)(C)C. The normalized spacial score (nSPS) is 11.8. The lowest BCUT2D eigenvalue weighted by atomic mass is 10.3. The lowest BCUT2D eigenvalue weighted by molar-refractivity contribution is 0.810. The third-order valence-electron chi connectivity index (χ3n) is 0.612. The molecule has 0 heterocycles. The number of hydrogen-bond donors (Lipinski definition) is 0. The molecule has 0 spiro atoms. The molecule has 0 fully saturated rings. The predicted molar refractivity (Wildman–Crippen MR) is 35.9 cm³/mol. The molecule has 0 saturated heterocycles. The van der Waals surface area contributed by atoms with Gasteiger partial charge in [0, 0.05) is 0 Å². The van der Waals surface area contributed by atoms with Crippen molar-refractivity contribution < 1.29 is 0 Å². The molecule has 0 radical (unpaired) electrons. The zero-order chi connectivity index (χ0) is 5.21. The summed E-state index contributed by atoms with van der Waals surface area (Å²) in [4.78, 5) is 0. The van der Waals surface area contributed by atoms with E-state index in [1.54, 1.807) is 0 Å². The highest BCUT2D eigenvalue weighted by Gasteiger charge is 2.03. The highest BCUT2D eigenvalue weighted by Crippen LogP contribution is 2.17. The summed E-state index contributed by atoms with van der Waals surface area (Å²) in [6.45, 7) is 6.62. The second kappa shape index (κ2) is 1.92. The average molecular weight is 102 g/mol. The third-order valence-corrected chi connectivity index (χ3v) is 1.84. The average Bonchev–Trinajstić information content (AvgIpc) is 1.35. The molecule has 0 saturated carbocycles. The van der Waals surface area contributed by atoms with Crippen LogP contribution in [0.4, 0.5) is 0 Å². The van der Waals surface area contributed by atoms with Gasteiger partial charge in [0.05, 0.1) is 0 Å². The second-order valence-corrected chi connectivity index (χ2v) is 3.95. The largest absolute Gasteiger partial charge is 0.214 e. The van der Waals surface area contributed by atoms with Crippen molar-refractivity contribution in [1.29, 1.82) is 0 Å². The summed E-state index contributed by atoms with van der Waals surface area (Å²) in [5.41, 5.74) is 0. The molecular weight excluding hydrogens is 90.9 g/mol. The van der Waals surface area contributed by atoms with Crippen molar-refractivity contribution in [2.45, 2.75) is 25.5 Å². The van der Waals surface area contributed by atoms with E-state index in [1.807, 2.05) is 11.6 Å². The van der Waals surface area contributed by atoms with Gasteiger partial charge >= 0.3 is 0 Å². The van der Waals surface area contributed by atoms with E-state index >= 15 is 0 Å². The zero-order valence-electron chi connectivity index (χ0n) is 4.91. The number of rotatable bonds is 0. The van der Waals surface area contributed by atoms with Gasteiger partial charge in [-0.15, -0.1) is 0 Å². The first-order valence-electron chi connectivity index (χ1n) is 2.11. The van der Waals surface area contributed by atoms with Crippen molar-refractivity contribution in [3.8, 4) is 0 Å². The Kier molecular flexibility index (Phi) is 2.05. The summed E-state index contributed by atoms with van der Waals surface area (Å²) in [6, 6.07) is 0. The van der Waals surface area contributed by atoms with E-state index in [-0.39, 0.29) is 0 Å². The van der Waals surface area contributed by atoms with Gasteiger partial charge in [0.25, 0.3) is 0 Å². The molecule has 0 unspecified atom stereocenters. The Hall–Kier alpha value is 0.415. The molecule has 0 aromatic carbocycles. The van der Waals surface area contributed by atoms with Crippen molar-refractivity contribution in [2.75, 3.05) is 0 Å². The van der Waals surface area contributed by atoms with Gasteiger partial charge in [-0.3, -0.25) is 0 Å². The van der Waals surface area contributed by atoms with E-state index in [4.69, 9.17) is 0 Å². The van der Waals surface area contributed by atoms with Crippen LogP contribution in [0.1, 0.15) is 20.8 Å². The van der Waals surface area contributed by atoms with Crippen molar-refractivity contribution in [1.82, 2.24) is 0 Å². The van der Waals surface area contributed by atoms with Crippen LogP contribution in [0, 0.1) is 0 Å². The molecule has 0 N–H and O–H groups in total. The van der Waals surface area contributed by atoms with Crippen molar-refractivity contribution in [3.63, 3.8) is 0 Å². The molecule has 0 aliphatic rings. The first kappa shape index (κ1) is 6.41. The Morgan fingerprint density at radius 1 is 1.33 bits per heavy atom. The Labute approximate surface area is 45.0 Å². The summed E-state index contributed by atoms with van der Waals surface area (Å²) in [5.74, 6) is 0. The molecule has 0 aliphatic heterocycles. The van der Waals surface area contributed by atoms with Gasteiger partial charge in [0.2, 0.25) is 0 Å². The van der Waals surface area contributed by atoms with Crippen LogP contribution in [0.25, 0.3) is 0 Å². The Morgan fingerprint density at radius 2 is 1.50 bits per heavy atom. The van der Waals surface area contributed by atoms with Crippen LogP contribution in [0.15, 0.2) is 0 Å². The first-order chi connectivity index (χ1) is 2.56. The van der Waals surface area contributed by atoms with Gasteiger partial charge in [0.1, 0.15) is 0 Å². The molecule has 0 bridgehead atoms. The lowest BCUT2D eigenvalue weighted by Crippen LogP contribution is -2.05. The quantitative estimate of drug-likeness (QED) is 0.412. The van der Waals surface area contributed by atoms with Crippen LogP contribution in [0.3, 0.4) is 0 Å². The number of hydrogen-bond acceptors (Lipinski definition) is 1. The fourth-order valence-electron chi connectivity index (χ4n) is 0. The fourth-order valence-corrected chi connectivity index (χ4v) is 0. The summed E-state index contributed by atoms with van der Waals surface area (Å²) in [5, 5.41) is 0. The van der Waals surface area contributed by atoms with Crippen LogP contribution in [0.5, 0.6) is 0 Å². The second-order valence-electron chi connectivity index (χ2n) is 2.32. The van der Waals surface area contributed by atoms with Gasteiger partial charge in [-0.1, -0.05) is 20.8 Å². The fraction of sp³-hybridized carbons (Fsp3) is 1.00. The Balaban J connectivity index is 3.17. The van der Waals surface area contributed by atoms with Gasteiger partial charge < -0.3 is 0 Å². The molecule has 36 valence electrons. The molecule has 0 amide bonds. The van der Waals surface area contributed by atoms with E-state index in [2.05, 4.69) is 27.9 Å². The maximum atomic E-state index is 2.21. The Bertz CT molecular complexity index is 37.3. The molecule has 0 aromatic rings. The minimum Gasteiger partial charge on any atom is -0.214 e. The van der Waals surface area contributed by atoms with E-state index in [1.165, 1.54) is 0 Å². The molecule has 6 heavy (non-hydrogen) atoms. The smallest absolute Gasteiger partial charge is 0.174 e. The standard InChI is InChI=1S/C4H11BS/c1-4(2,3)6-5/h5H2,1-3H3. The summed E-state index contributed by atoms with van der Waals surface area (Å²) in [6.07, 6.45) is 0. The molecule has 0 aromatic heterocycles.